The molecule has 466 valence electrons. The van der Waals surface area contributed by atoms with Crippen LogP contribution in [0.2, 0.25) is 0 Å². The van der Waals surface area contributed by atoms with Gasteiger partial charge in [-0.1, -0.05) is 298 Å². The van der Waals surface area contributed by atoms with Gasteiger partial charge in [0.05, 0.1) is 0 Å². The Morgan fingerprint density at radius 3 is 0.765 bits per heavy atom. The maximum absolute atomic E-state index is 12.9. The van der Waals surface area contributed by atoms with Gasteiger partial charge < -0.3 is 14.2 Å². The van der Waals surface area contributed by atoms with Crippen LogP contribution in [0.3, 0.4) is 0 Å². The molecule has 1 unspecified atom stereocenters. The maximum atomic E-state index is 12.9. The fraction of sp³-hybridized carbons (Fsp3) is 0.747. The van der Waals surface area contributed by atoms with Gasteiger partial charge in [-0.25, -0.2) is 0 Å². The lowest BCUT2D eigenvalue weighted by molar-refractivity contribution is -0.167. The summed E-state index contributed by atoms with van der Waals surface area (Å²) in [6.45, 7) is 6.51. The standard InChI is InChI=1S/C75H130O6/c1-4-7-10-13-16-19-22-25-27-29-31-33-34-35-36-37-38-39-40-42-43-45-47-50-53-56-59-62-65-68-74(77)80-71-72(70-79-73(76)67-64-61-58-55-52-49-24-21-18-15-12-9-6-3)81-75(78)69-66-63-60-57-54-51-48-46-44-41-32-30-28-26-23-20-17-14-11-8-5-2/h9,12,18,21-23,25-26,29-32,34-35,49,52,72H,4-8,10-11,13-17,19-20,24,27-28,33,36-48,50-51,53-71H2,1-3H3/b12-9-,21-18-,25-22-,26-23-,31-29-,32-30-,35-34-,52-49-. The zero-order valence-corrected chi connectivity index (χ0v) is 53.5. The van der Waals surface area contributed by atoms with E-state index in [9.17, 15) is 14.4 Å². The number of unbranched alkanes of at least 4 members (excludes halogenated alkanes) is 36. The van der Waals surface area contributed by atoms with Gasteiger partial charge in [0.2, 0.25) is 0 Å². The lowest BCUT2D eigenvalue weighted by Gasteiger charge is -2.18. The molecule has 0 aromatic carbocycles. The van der Waals surface area contributed by atoms with Crippen molar-refractivity contribution in [3.8, 4) is 0 Å². The van der Waals surface area contributed by atoms with E-state index in [1.165, 1.54) is 199 Å². The smallest absolute Gasteiger partial charge is 0.306 e. The molecular weight excluding hydrogens is 997 g/mol. The molecule has 0 spiro atoms. The highest BCUT2D eigenvalue weighted by molar-refractivity contribution is 5.71. The first kappa shape index (κ1) is 77.3. The Labute approximate surface area is 502 Å². The van der Waals surface area contributed by atoms with Crippen LogP contribution in [0.15, 0.2) is 97.2 Å². The second-order valence-corrected chi connectivity index (χ2v) is 23.1. The predicted molar refractivity (Wildman–Crippen MR) is 353 cm³/mol. The number of carbonyl (C=O) groups is 3. The van der Waals surface area contributed by atoms with Gasteiger partial charge in [0.1, 0.15) is 13.2 Å². The third-order valence-corrected chi connectivity index (χ3v) is 15.0. The van der Waals surface area contributed by atoms with Crippen molar-refractivity contribution in [3.05, 3.63) is 97.2 Å². The van der Waals surface area contributed by atoms with Gasteiger partial charge in [-0.2, -0.15) is 0 Å². The van der Waals surface area contributed by atoms with Crippen LogP contribution in [-0.4, -0.2) is 37.2 Å². The molecule has 0 N–H and O–H groups in total. The summed E-state index contributed by atoms with van der Waals surface area (Å²) in [7, 11) is 0. The molecule has 0 aliphatic rings. The van der Waals surface area contributed by atoms with E-state index in [4.69, 9.17) is 14.2 Å². The van der Waals surface area contributed by atoms with E-state index in [2.05, 4.69) is 118 Å². The van der Waals surface area contributed by atoms with Crippen molar-refractivity contribution in [2.45, 2.75) is 348 Å². The van der Waals surface area contributed by atoms with Crippen LogP contribution < -0.4 is 0 Å². The van der Waals surface area contributed by atoms with Crippen LogP contribution in [0.25, 0.3) is 0 Å². The fourth-order valence-electron chi connectivity index (χ4n) is 9.85. The SMILES string of the molecule is CC/C=C\C/C=C\C/C=C\CCCCCC(=O)OCC(COC(=O)CCCCCCCCCCCCCCCC/C=C\C/C=C\C/C=C\CCCCCCC)OC(=O)CCCCCCCCCCC/C=C\C/C=C\CCCCCCC. The molecule has 0 aliphatic carbocycles. The summed E-state index contributed by atoms with van der Waals surface area (Å²) in [6, 6.07) is 0. The highest BCUT2D eigenvalue weighted by atomic mass is 16.6. The Bertz CT molecular complexity index is 1580. The Morgan fingerprint density at radius 1 is 0.259 bits per heavy atom. The quantitative estimate of drug-likeness (QED) is 0.0261. The normalized spacial score (nSPS) is 12.7. The zero-order valence-electron chi connectivity index (χ0n) is 53.5. The minimum atomic E-state index is -0.794. The van der Waals surface area contributed by atoms with Gasteiger partial charge in [0, 0.05) is 19.3 Å². The highest BCUT2D eigenvalue weighted by Crippen LogP contribution is 2.17. The van der Waals surface area contributed by atoms with Gasteiger partial charge in [-0.15, -0.1) is 0 Å². The van der Waals surface area contributed by atoms with Crippen LogP contribution >= 0.6 is 0 Å². The first-order valence-electron chi connectivity index (χ1n) is 34.7. The summed E-state index contributed by atoms with van der Waals surface area (Å²) < 4.78 is 16.9. The monoisotopic (exact) mass is 1130 g/mol. The number of ether oxygens (including phenoxy) is 3. The Kier molecular flexibility index (Phi) is 65.7. The first-order valence-corrected chi connectivity index (χ1v) is 34.7. The summed E-state index contributed by atoms with van der Waals surface area (Å²) in [5, 5.41) is 0. The Balaban J connectivity index is 4.27. The van der Waals surface area contributed by atoms with Gasteiger partial charge >= 0.3 is 17.9 Å². The number of hydrogen-bond acceptors (Lipinski definition) is 6. The number of esters is 3. The summed E-state index contributed by atoms with van der Waals surface area (Å²) in [6.07, 6.45) is 92.9. The van der Waals surface area contributed by atoms with Crippen molar-refractivity contribution in [2.24, 2.45) is 0 Å². The van der Waals surface area contributed by atoms with Crippen LogP contribution in [0.5, 0.6) is 0 Å². The topological polar surface area (TPSA) is 78.9 Å². The van der Waals surface area contributed by atoms with Crippen molar-refractivity contribution in [2.75, 3.05) is 13.2 Å². The molecule has 0 amide bonds. The molecule has 0 aromatic heterocycles. The molecule has 0 aromatic rings. The van der Waals surface area contributed by atoms with Crippen LogP contribution in [0.4, 0.5) is 0 Å². The number of rotatable bonds is 63. The third kappa shape index (κ3) is 67.0. The molecule has 0 bridgehead atoms. The van der Waals surface area contributed by atoms with Crippen molar-refractivity contribution < 1.29 is 28.6 Å². The molecular formula is C75H130O6. The van der Waals surface area contributed by atoms with E-state index in [0.717, 1.165) is 103 Å². The number of allylic oxidation sites excluding steroid dienone is 16. The van der Waals surface area contributed by atoms with E-state index in [-0.39, 0.29) is 31.1 Å². The van der Waals surface area contributed by atoms with Gasteiger partial charge in [0.15, 0.2) is 6.10 Å². The van der Waals surface area contributed by atoms with Crippen LogP contribution in [0, 0.1) is 0 Å². The molecule has 0 radical (unpaired) electrons. The van der Waals surface area contributed by atoms with Gasteiger partial charge in [-0.05, 0) is 122 Å². The molecule has 0 fully saturated rings. The molecule has 0 aliphatic heterocycles. The number of hydrogen-bond donors (Lipinski definition) is 0. The van der Waals surface area contributed by atoms with E-state index in [1.54, 1.807) is 0 Å². The second-order valence-electron chi connectivity index (χ2n) is 23.1. The largest absolute Gasteiger partial charge is 0.462 e. The molecule has 81 heavy (non-hydrogen) atoms. The average Bonchev–Trinajstić information content (AvgIpc) is 3.46. The lowest BCUT2D eigenvalue weighted by Crippen LogP contribution is -2.30. The molecule has 6 nitrogen and oxygen atoms in total. The number of carbonyl (C=O) groups excluding carboxylic acids is 3. The minimum Gasteiger partial charge on any atom is -0.462 e. The summed E-state index contributed by atoms with van der Waals surface area (Å²) >= 11 is 0. The van der Waals surface area contributed by atoms with Gasteiger partial charge in [0.25, 0.3) is 0 Å². The molecule has 0 heterocycles. The maximum Gasteiger partial charge on any atom is 0.306 e. The van der Waals surface area contributed by atoms with Crippen LogP contribution in [-0.2, 0) is 28.6 Å². The van der Waals surface area contributed by atoms with E-state index >= 15 is 0 Å². The third-order valence-electron chi connectivity index (χ3n) is 15.0. The Morgan fingerprint density at radius 2 is 0.481 bits per heavy atom. The highest BCUT2D eigenvalue weighted by Gasteiger charge is 2.19. The average molecular weight is 1130 g/mol. The molecule has 1 atom stereocenters. The van der Waals surface area contributed by atoms with E-state index < -0.39 is 6.10 Å². The minimum absolute atomic E-state index is 0.0876. The predicted octanol–water partition coefficient (Wildman–Crippen LogP) is 24.0. The summed E-state index contributed by atoms with van der Waals surface area (Å²) in [5.41, 5.74) is 0. The lowest BCUT2D eigenvalue weighted by atomic mass is 10.0. The van der Waals surface area contributed by atoms with E-state index in [1.807, 2.05) is 0 Å². The zero-order chi connectivity index (χ0) is 58.5. The van der Waals surface area contributed by atoms with Gasteiger partial charge in [-0.3, -0.25) is 14.4 Å². The van der Waals surface area contributed by atoms with Crippen molar-refractivity contribution in [3.63, 3.8) is 0 Å². The van der Waals surface area contributed by atoms with Crippen LogP contribution in [0.1, 0.15) is 342 Å². The molecule has 0 rings (SSSR count). The van der Waals surface area contributed by atoms with Crippen molar-refractivity contribution in [1.29, 1.82) is 0 Å². The second kappa shape index (κ2) is 68.8. The fourth-order valence-corrected chi connectivity index (χ4v) is 9.85. The van der Waals surface area contributed by atoms with Crippen molar-refractivity contribution in [1.82, 2.24) is 0 Å². The summed E-state index contributed by atoms with van der Waals surface area (Å²) in [4.78, 5) is 38.4. The summed E-state index contributed by atoms with van der Waals surface area (Å²) in [5.74, 6) is -0.910. The molecule has 0 saturated carbocycles. The molecule has 6 heteroatoms. The van der Waals surface area contributed by atoms with Crippen molar-refractivity contribution >= 4 is 17.9 Å². The van der Waals surface area contributed by atoms with E-state index in [0.29, 0.717) is 19.3 Å². The Hall–Kier alpha value is -3.67. The first-order chi connectivity index (χ1) is 40.0. The molecule has 0 saturated heterocycles.